The first-order valence-corrected chi connectivity index (χ1v) is 7.06. The molecule has 4 heteroatoms. The average molecular weight is 259 g/mol. The molecule has 1 aromatic carbocycles. The van der Waals surface area contributed by atoms with Crippen LogP contribution >= 0.6 is 0 Å². The molecule has 2 heterocycles. The lowest BCUT2D eigenvalue weighted by atomic mass is 10.0. The third-order valence-electron chi connectivity index (χ3n) is 4.18. The molecule has 19 heavy (non-hydrogen) atoms. The van der Waals surface area contributed by atoms with E-state index in [2.05, 4.69) is 34.5 Å². The van der Waals surface area contributed by atoms with E-state index < -0.39 is 0 Å². The quantitative estimate of drug-likeness (QED) is 0.872. The van der Waals surface area contributed by atoms with E-state index in [1.54, 1.807) is 4.90 Å². The number of nitrogens with one attached hydrogen (secondary N) is 1. The van der Waals surface area contributed by atoms with Crippen LogP contribution in [0, 0.1) is 0 Å². The van der Waals surface area contributed by atoms with Crippen LogP contribution in [0.2, 0.25) is 0 Å². The minimum Gasteiger partial charge on any atom is -0.360 e. The third kappa shape index (κ3) is 2.59. The molecule has 1 unspecified atom stereocenters. The summed E-state index contributed by atoms with van der Waals surface area (Å²) in [5.74, 6) is 0.202. The molecular weight excluding hydrogens is 238 g/mol. The summed E-state index contributed by atoms with van der Waals surface area (Å²) in [6.45, 7) is 3.35. The van der Waals surface area contributed by atoms with Crippen LogP contribution in [0.15, 0.2) is 24.3 Å². The predicted octanol–water partition coefficient (Wildman–Crippen LogP) is 1.39. The molecular formula is C15H21N3O. The Morgan fingerprint density at radius 2 is 2.00 bits per heavy atom. The monoisotopic (exact) mass is 259 g/mol. The molecule has 1 aromatic rings. The van der Waals surface area contributed by atoms with E-state index in [9.17, 15) is 4.79 Å². The van der Waals surface area contributed by atoms with Gasteiger partial charge in [0.05, 0.1) is 6.54 Å². The molecule has 0 radical (unpaired) electrons. The Labute approximate surface area is 114 Å². The van der Waals surface area contributed by atoms with Gasteiger partial charge < -0.3 is 15.1 Å². The van der Waals surface area contributed by atoms with Gasteiger partial charge in [0.25, 0.3) is 0 Å². The SMILES string of the molecule is CN1CCN(c2ccc(C3CCCN3)cc2)CC1=O. The van der Waals surface area contributed by atoms with Gasteiger partial charge in [0.15, 0.2) is 0 Å². The topological polar surface area (TPSA) is 35.6 Å². The lowest BCUT2D eigenvalue weighted by Crippen LogP contribution is -2.48. The molecule has 1 amide bonds. The van der Waals surface area contributed by atoms with E-state index in [4.69, 9.17) is 0 Å². The van der Waals surface area contributed by atoms with Crippen molar-refractivity contribution in [1.82, 2.24) is 10.2 Å². The number of piperazine rings is 1. The Hall–Kier alpha value is -1.55. The van der Waals surface area contributed by atoms with Crippen molar-refractivity contribution in [2.24, 2.45) is 0 Å². The van der Waals surface area contributed by atoms with Crippen molar-refractivity contribution in [1.29, 1.82) is 0 Å². The summed E-state index contributed by atoms with van der Waals surface area (Å²) in [4.78, 5) is 15.7. The zero-order valence-corrected chi connectivity index (χ0v) is 11.4. The molecule has 2 saturated heterocycles. The summed E-state index contributed by atoms with van der Waals surface area (Å²) in [5.41, 5.74) is 2.52. The van der Waals surface area contributed by atoms with Crippen molar-refractivity contribution < 1.29 is 4.79 Å². The van der Waals surface area contributed by atoms with Crippen molar-refractivity contribution in [3.05, 3.63) is 29.8 Å². The molecule has 3 rings (SSSR count). The first-order valence-electron chi connectivity index (χ1n) is 7.06. The van der Waals surface area contributed by atoms with E-state index in [0.29, 0.717) is 12.6 Å². The highest BCUT2D eigenvalue weighted by atomic mass is 16.2. The standard InChI is InChI=1S/C15H21N3O/c1-17-9-10-18(11-15(17)19)13-6-4-12(5-7-13)14-3-2-8-16-14/h4-7,14,16H,2-3,8-11H2,1H3. The molecule has 1 atom stereocenters. The summed E-state index contributed by atoms with van der Waals surface area (Å²) < 4.78 is 0. The van der Waals surface area contributed by atoms with Crippen LogP contribution < -0.4 is 10.2 Å². The van der Waals surface area contributed by atoms with Crippen molar-refractivity contribution in [3.8, 4) is 0 Å². The zero-order chi connectivity index (χ0) is 13.2. The highest BCUT2D eigenvalue weighted by molar-refractivity contribution is 5.82. The molecule has 0 saturated carbocycles. The molecule has 102 valence electrons. The van der Waals surface area contributed by atoms with Gasteiger partial charge in [0.1, 0.15) is 0 Å². The van der Waals surface area contributed by atoms with Crippen molar-refractivity contribution in [2.75, 3.05) is 38.1 Å². The second kappa shape index (κ2) is 5.21. The van der Waals surface area contributed by atoms with Gasteiger partial charge in [-0.05, 0) is 37.1 Å². The Morgan fingerprint density at radius 3 is 2.63 bits per heavy atom. The van der Waals surface area contributed by atoms with E-state index in [0.717, 1.165) is 25.3 Å². The number of anilines is 1. The number of carbonyl (C=O) groups is 1. The summed E-state index contributed by atoms with van der Waals surface area (Å²) in [5, 5.41) is 3.51. The fourth-order valence-corrected chi connectivity index (χ4v) is 2.87. The number of nitrogens with zero attached hydrogens (tertiary/aromatic N) is 2. The smallest absolute Gasteiger partial charge is 0.241 e. The number of hydrogen-bond donors (Lipinski definition) is 1. The van der Waals surface area contributed by atoms with Gasteiger partial charge in [-0.3, -0.25) is 4.79 Å². The lowest BCUT2D eigenvalue weighted by Gasteiger charge is -2.33. The molecule has 4 nitrogen and oxygen atoms in total. The van der Waals surface area contributed by atoms with Crippen LogP contribution in [-0.2, 0) is 4.79 Å². The number of benzene rings is 1. The second-order valence-corrected chi connectivity index (χ2v) is 5.48. The molecule has 0 aliphatic carbocycles. The van der Waals surface area contributed by atoms with Gasteiger partial charge >= 0.3 is 0 Å². The molecule has 2 fully saturated rings. The highest BCUT2D eigenvalue weighted by Crippen LogP contribution is 2.25. The Bertz CT molecular complexity index is 451. The van der Waals surface area contributed by atoms with Crippen molar-refractivity contribution in [2.45, 2.75) is 18.9 Å². The van der Waals surface area contributed by atoms with E-state index in [-0.39, 0.29) is 5.91 Å². The van der Waals surface area contributed by atoms with Crippen LogP contribution in [0.3, 0.4) is 0 Å². The molecule has 2 aliphatic heterocycles. The Kier molecular flexibility index (Phi) is 3.42. The minimum absolute atomic E-state index is 0.202. The number of amides is 1. The van der Waals surface area contributed by atoms with Gasteiger partial charge in [-0.2, -0.15) is 0 Å². The average Bonchev–Trinajstić information content (AvgIpc) is 2.96. The first-order chi connectivity index (χ1) is 9.24. The highest BCUT2D eigenvalue weighted by Gasteiger charge is 2.21. The van der Waals surface area contributed by atoms with E-state index in [1.807, 2.05) is 7.05 Å². The largest absolute Gasteiger partial charge is 0.360 e. The summed E-state index contributed by atoms with van der Waals surface area (Å²) in [7, 11) is 1.87. The van der Waals surface area contributed by atoms with Crippen LogP contribution in [0.25, 0.3) is 0 Å². The maximum atomic E-state index is 11.7. The fourth-order valence-electron chi connectivity index (χ4n) is 2.87. The number of likely N-dealkylation sites (N-methyl/N-ethyl adjacent to an activating group) is 1. The zero-order valence-electron chi connectivity index (χ0n) is 11.4. The molecule has 1 N–H and O–H groups in total. The van der Waals surface area contributed by atoms with Crippen molar-refractivity contribution >= 4 is 11.6 Å². The lowest BCUT2D eigenvalue weighted by molar-refractivity contribution is -0.129. The Balaban J connectivity index is 1.70. The van der Waals surface area contributed by atoms with Gasteiger partial charge in [-0.25, -0.2) is 0 Å². The normalized spacial score (nSPS) is 24.1. The summed E-state index contributed by atoms with van der Waals surface area (Å²) in [6.07, 6.45) is 2.49. The first kappa shape index (κ1) is 12.5. The van der Waals surface area contributed by atoms with Crippen LogP contribution in [0.4, 0.5) is 5.69 Å². The third-order valence-corrected chi connectivity index (χ3v) is 4.18. The summed E-state index contributed by atoms with van der Waals surface area (Å²) in [6, 6.07) is 9.20. The molecule has 0 spiro atoms. The molecule has 0 bridgehead atoms. The molecule has 0 aromatic heterocycles. The summed E-state index contributed by atoms with van der Waals surface area (Å²) >= 11 is 0. The molecule has 2 aliphatic rings. The Morgan fingerprint density at radius 1 is 1.21 bits per heavy atom. The fraction of sp³-hybridized carbons (Fsp3) is 0.533. The van der Waals surface area contributed by atoms with Gasteiger partial charge in [0, 0.05) is 31.9 Å². The van der Waals surface area contributed by atoms with Gasteiger partial charge in [0.2, 0.25) is 5.91 Å². The second-order valence-electron chi connectivity index (χ2n) is 5.48. The van der Waals surface area contributed by atoms with Crippen LogP contribution in [-0.4, -0.2) is 44.0 Å². The predicted molar refractivity (Wildman–Crippen MR) is 76.3 cm³/mol. The maximum Gasteiger partial charge on any atom is 0.241 e. The number of hydrogen-bond acceptors (Lipinski definition) is 3. The van der Waals surface area contributed by atoms with Crippen molar-refractivity contribution in [3.63, 3.8) is 0 Å². The van der Waals surface area contributed by atoms with Crippen LogP contribution in [0.5, 0.6) is 0 Å². The minimum atomic E-state index is 0.202. The number of carbonyl (C=O) groups excluding carboxylic acids is 1. The van der Waals surface area contributed by atoms with Crippen LogP contribution in [0.1, 0.15) is 24.4 Å². The van der Waals surface area contributed by atoms with E-state index >= 15 is 0 Å². The maximum absolute atomic E-state index is 11.7. The van der Waals surface area contributed by atoms with E-state index in [1.165, 1.54) is 18.4 Å². The van der Waals surface area contributed by atoms with Gasteiger partial charge in [-0.15, -0.1) is 0 Å². The number of rotatable bonds is 2. The van der Waals surface area contributed by atoms with Gasteiger partial charge in [-0.1, -0.05) is 12.1 Å².